The standard InChI is InChI=1S/C18H24N4O6/c1-3-26-16(24)13-14(12-6-5-11-28-12)19-17(20-15(13)23)21-7-9-22(10-8-21)18(25)27-4-2/h5-6,11,13-14H,3-4,7-10H2,1-2H3,(H,19,20,23)/t13-,14-/m0/s1. The Kier molecular flexibility index (Phi) is 6.17. The van der Waals surface area contributed by atoms with Crippen LogP contribution < -0.4 is 5.32 Å². The lowest BCUT2D eigenvalue weighted by Crippen LogP contribution is -2.58. The van der Waals surface area contributed by atoms with Crippen LogP contribution in [0.5, 0.6) is 0 Å². The van der Waals surface area contributed by atoms with Gasteiger partial charge in [-0.3, -0.25) is 14.9 Å². The maximum atomic E-state index is 12.7. The molecule has 0 bridgehead atoms. The zero-order chi connectivity index (χ0) is 20.1. The molecule has 1 aromatic rings. The van der Waals surface area contributed by atoms with Crippen LogP contribution in [-0.2, 0) is 19.1 Å². The van der Waals surface area contributed by atoms with E-state index in [1.165, 1.54) is 6.26 Å². The SMILES string of the molecule is CCOC(=O)[C@@H]1C(=O)NC(N2CCN(C(=O)OCC)CC2)=N[C@H]1c1ccco1. The average molecular weight is 392 g/mol. The first-order chi connectivity index (χ1) is 13.5. The third-order valence-corrected chi connectivity index (χ3v) is 4.58. The van der Waals surface area contributed by atoms with Crippen molar-refractivity contribution in [2.45, 2.75) is 19.9 Å². The van der Waals surface area contributed by atoms with Crippen LogP contribution >= 0.6 is 0 Å². The van der Waals surface area contributed by atoms with E-state index in [-0.39, 0.29) is 12.7 Å². The quantitative estimate of drug-likeness (QED) is 0.594. The van der Waals surface area contributed by atoms with Gasteiger partial charge in [-0.15, -0.1) is 0 Å². The molecular formula is C18H24N4O6. The Balaban J connectivity index is 1.77. The van der Waals surface area contributed by atoms with E-state index >= 15 is 0 Å². The van der Waals surface area contributed by atoms with E-state index in [4.69, 9.17) is 13.9 Å². The number of nitrogens with one attached hydrogen (secondary N) is 1. The first-order valence-electron chi connectivity index (χ1n) is 9.30. The summed E-state index contributed by atoms with van der Waals surface area (Å²) < 4.78 is 15.5. The van der Waals surface area contributed by atoms with Crippen molar-refractivity contribution in [3.8, 4) is 0 Å². The predicted molar refractivity (Wildman–Crippen MR) is 97.3 cm³/mol. The molecule has 2 atom stereocenters. The van der Waals surface area contributed by atoms with Crippen molar-refractivity contribution in [1.29, 1.82) is 0 Å². The molecule has 10 nitrogen and oxygen atoms in total. The summed E-state index contributed by atoms with van der Waals surface area (Å²) >= 11 is 0. The van der Waals surface area contributed by atoms with Gasteiger partial charge in [0.05, 0.1) is 19.5 Å². The van der Waals surface area contributed by atoms with Gasteiger partial charge in [0.2, 0.25) is 11.9 Å². The van der Waals surface area contributed by atoms with Gasteiger partial charge in [-0.1, -0.05) is 0 Å². The molecule has 0 unspecified atom stereocenters. The maximum Gasteiger partial charge on any atom is 0.409 e. The van der Waals surface area contributed by atoms with Gasteiger partial charge in [0, 0.05) is 26.2 Å². The van der Waals surface area contributed by atoms with Gasteiger partial charge in [-0.2, -0.15) is 0 Å². The monoisotopic (exact) mass is 392 g/mol. The normalized spacial score (nSPS) is 22.4. The number of carbonyl (C=O) groups excluding carboxylic acids is 3. The summed E-state index contributed by atoms with van der Waals surface area (Å²) in [5.41, 5.74) is 0. The summed E-state index contributed by atoms with van der Waals surface area (Å²) in [7, 11) is 0. The van der Waals surface area contributed by atoms with Crippen molar-refractivity contribution >= 4 is 23.9 Å². The van der Waals surface area contributed by atoms with E-state index in [1.54, 1.807) is 30.9 Å². The van der Waals surface area contributed by atoms with Crippen molar-refractivity contribution < 1.29 is 28.3 Å². The highest BCUT2D eigenvalue weighted by Gasteiger charge is 2.43. The Morgan fingerprint density at radius 2 is 1.93 bits per heavy atom. The molecule has 1 saturated heterocycles. The van der Waals surface area contributed by atoms with Crippen LogP contribution in [0, 0.1) is 5.92 Å². The number of ether oxygens (including phenoxy) is 2. The fourth-order valence-corrected chi connectivity index (χ4v) is 3.20. The van der Waals surface area contributed by atoms with Crippen LogP contribution in [0.1, 0.15) is 25.6 Å². The highest BCUT2D eigenvalue weighted by Crippen LogP contribution is 2.31. The Bertz CT molecular complexity index is 739. The lowest BCUT2D eigenvalue weighted by Gasteiger charge is -2.38. The molecule has 1 fully saturated rings. The van der Waals surface area contributed by atoms with E-state index in [0.29, 0.717) is 44.5 Å². The van der Waals surface area contributed by atoms with Gasteiger partial charge in [0.1, 0.15) is 11.8 Å². The molecule has 2 aliphatic rings. The number of piperazine rings is 1. The van der Waals surface area contributed by atoms with Gasteiger partial charge in [-0.25, -0.2) is 9.79 Å². The number of rotatable bonds is 4. The molecule has 2 aliphatic heterocycles. The zero-order valence-electron chi connectivity index (χ0n) is 15.9. The highest BCUT2D eigenvalue weighted by atomic mass is 16.6. The van der Waals surface area contributed by atoms with Crippen LogP contribution in [0.3, 0.4) is 0 Å². The number of aliphatic imine (C=N–C) groups is 1. The zero-order valence-corrected chi connectivity index (χ0v) is 15.9. The Hall–Kier alpha value is -3.04. The first-order valence-corrected chi connectivity index (χ1v) is 9.30. The minimum atomic E-state index is -1.12. The summed E-state index contributed by atoms with van der Waals surface area (Å²) in [5, 5.41) is 2.70. The summed E-state index contributed by atoms with van der Waals surface area (Å²) in [6.45, 7) is 5.77. The number of furan rings is 1. The van der Waals surface area contributed by atoms with Gasteiger partial charge >= 0.3 is 12.1 Å². The van der Waals surface area contributed by atoms with Gasteiger partial charge in [-0.05, 0) is 26.0 Å². The molecule has 2 amide bonds. The van der Waals surface area contributed by atoms with Crippen LogP contribution in [-0.4, -0.2) is 73.1 Å². The molecule has 152 valence electrons. The van der Waals surface area contributed by atoms with Gasteiger partial charge in [0.25, 0.3) is 0 Å². The summed E-state index contributed by atoms with van der Waals surface area (Å²) in [6, 6.07) is 2.55. The number of guanidine groups is 1. The molecule has 0 aliphatic carbocycles. The van der Waals surface area contributed by atoms with Crippen LogP contribution in [0.4, 0.5) is 4.79 Å². The molecule has 1 N–H and O–H groups in total. The topological polar surface area (TPSA) is 114 Å². The second-order valence-corrected chi connectivity index (χ2v) is 6.30. The minimum absolute atomic E-state index is 0.167. The fraction of sp³-hybridized carbons (Fsp3) is 0.556. The lowest BCUT2D eigenvalue weighted by molar-refractivity contribution is -0.153. The van der Waals surface area contributed by atoms with Crippen molar-refractivity contribution in [3.63, 3.8) is 0 Å². The van der Waals surface area contributed by atoms with E-state index in [9.17, 15) is 14.4 Å². The van der Waals surface area contributed by atoms with Crippen molar-refractivity contribution in [1.82, 2.24) is 15.1 Å². The second kappa shape index (κ2) is 8.77. The predicted octanol–water partition coefficient (Wildman–Crippen LogP) is 0.760. The average Bonchev–Trinajstić information content (AvgIpc) is 3.22. The van der Waals surface area contributed by atoms with E-state index in [0.717, 1.165) is 0 Å². The molecule has 28 heavy (non-hydrogen) atoms. The molecular weight excluding hydrogens is 368 g/mol. The molecule has 0 saturated carbocycles. The van der Waals surface area contributed by atoms with Crippen LogP contribution in [0.25, 0.3) is 0 Å². The van der Waals surface area contributed by atoms with Gasteiger partial charge < -0.3 is 23.7 Å². The molecule has 1 aromatic heterocycles. The number of nitrogens with zero attached hydrogens (tertiary/aromatic N) is 3. The molecule has 0 aromatic carbocycles. The van der Waals surface area contributed by atoms with E-state index in [2.05, 4.69) is 10.3 Å². The molecule has 10 heteroatoms. The molecule has 3 heterocycles. The summed E-state index contributed by atoms with van der Waals surface area (Å²) in [6.07, 6.45) is 1.12. The largest absolute Gasteiger partial charge is 0.467 e. The molecule has 3 rings (SSSR count). The van der Waals surface area contributed by atoms with E-state index < -0.39 is 23.8 Å². The Morgan fingerprint density at radius 3 is 2.54 bits per heavy atom. The third kappa shape index (κ3) is 4.10. The van der Waals surface area contributed by atoms with Crippen molar-refractivity contribution in [3.05, 3.63) is 24.2 Å². The summed E-state index contributed by atoms with van der Waals surface area (Å²) in [5.74, 6) is -1.48. The number of hydrogen-bond donors (Lipinski definition) is 1. The van der Waals surface area contributed by atoms with Crippen LogP contribution in [0.2, 0.25) is 0 Å². The number of carbonyl (C=O) groups is 3. The summed E-state index contributed by atoms with van der Waals surface area (Å²) in [4.78, 5) is 44.9. The van der Waals surface area contributed by atoms with Gasteiger partial charge in [0.15, 0.2) is 5.92 Å². The Morgan fingerprint density at radius 1 is 1.21 bits per heavy atom. The highest BCUT2D eigenvalue weighted by molar-refractivity contribution is 6.08. The molecule has 0 spiro atoms. The van der Waals surface area contributed by atoms with Crippen LogP contribution in [0.15, 0.2) is 27.8 Å². The molecule has 0 radical (unpaired) electrons. The number of hydrogen-bond acceptors (Lipinski definition) is 8. The smallest absolute Gasteiger partial charge is 0.409 e. The van der Waals surface area contributed by atoms with Crippen molar-refractivity contribution in [2.75, 3.05) is 39.4 Å². The fourth-order valence-electron chi connectivity index (χ4n) is 3.20. The number of esters is 1. The second-order valence-electron chi connectivity index (χ2n) is 6.30. The minimum Gasteiger partial charge on any atom is -0.467 e. The third-order valence-electron chi connectivity index (χ3n) is 4.58. The number of amides is 2. The Labute approximate surface area is 162 Å². The van der Waals surface area contributed by atoms with E-state index in [1.807, 2.05) is 4.90 Å². The lowest BCUT2D eigenvalue weighted by atomic mass is 9.95. The maximum absolute atomic E-state index is 12.7. The first kappa shape index (κ1) is 19.7. The van der Waals surface area contributed by atoms with Crippen molar-refractivity contribution in [2.24, 2.45) is 10.9 Å².